The molecule has 2 fully saturated rings. The summed E-state index contributed by atoms with van der Waals surface area (Å²) in [6.07, 6.45) is 15.0. The Morgan fingerprint density at radius 1 is 0.951 bits per heavy atom. The van der Waals surface area contributed by atoms with Crippen LogP contribution in [0.25, 0.3) is 10.9 Å². The molecule has 5 rings (SSSR count). The molecule has 0 radical (unpaired) electrons. The van der Waals surface area contributed by atoms with Gasteiger partial charge < -0.3 is 20.1 Å². The van der Waals surface area contributed by atoms with Crippen molar-refractivity contribution in [2.24, 2.45) is 0 Å². The third-order valence-corrected chi connectivity index (χ3v) is 8.96. The molecular formula is C33H46N6O2. The van der Waals surface area contributed by atoms with Crippen molar-refractivity contribution in [3.8, 4) is 0 Å². The minimum absolute atomic E-state index is 0.153. The van der Waals surface area contributed by atoms with Crippen molar-refractivity contribution in [2.75, 3.05) is 32.7 Å². The summed E-state index contributed by atoms with van der Waals surface area (Å²) in [6.45, 7) is 9.15. The Morgan fingerprint density at radius 3 is 2.49 bits per heavy atom. The second kappa shape index (κ2) is 13.5. The van der Waals surface area contributed by atoms with Crippen molar-refractivity contribution in [3.05, 3.63) is 66.1 Å². The van der Waals surface area contributed by atoms with Crippen LogP contribution in [-0.2, 0) is 12.1 Å². The van der Waals surface area contributed by atoms with Gasteiger partial charge in [-0.2, -0.15) is 0 Å². The van der Waals surface area contributed by atoms with E-state index in [1.165, 1.54) is 32.1 Å². The van der Waals surface area contributed by atoms with Gasteiger partial charge in [-0.25, -0.2) is 4.79 Å². The highest BCUT2D eigenvalue weighted by atomic mass is 16.2. The SMILES string of the molecule is CC(C)(CCCCNC(=O)NCc1cccnc1)n1cc(C(=O)N2CCN(C3CCCCC3)CC2)c2ccccc21. The number of aromatic nitrogens is 2. The van der Waals surface area contributed by atoms with E-state index in [0.717, 1.165) is 67.5 Å². The molecule has 8 heteroatoms. The lowest BCUT2D eigenvalue weighted by molar-refractivity contribution is 0.0524. The smallest absolute Gasteiger partial charge is 0.315 e. The minimum atomic E-state index is -0.166. The fraction of sp³-hybridized carbons (Fsp3) is 0.545. The number of fused-ring (bicyclic) bond motifs is 1. The van der Waals surface area contributed by atoms with Crippen molar-refractivity contribution >= 4 is 22.8 Å². The van der Waals surface area contributed by atoms with Gasteiger partial charge in [0.2, 0.25) is 0 Å². The molecule has 1 saturated heterocycles. The van der Waals surface area contributed by atoms with Gasteiger partial charge in [0.1, 0.15) is 0 Å². The van der Waals surface area contributed by atoms with Crippen LogP contribution in [0.3, 0.4) is 0 Å². The molecule has 1 saturated carbocycles. The van der Waals surface area contributed by atoms with E-state index >= 15 is 0 Å². The quantitative estimate of drug-likeness (QED) is 0.321. The maximum atomic E-state index is 13.8. The Hall–Kier alpha value is -3.39. The van der Waals surface area contributed by atoms with Crippen molar-refractivity contribution in [1.82, 2.24) is 30.0 Å². The Kier molecular flexibility index (Phi) is 9.60. The number of urea groups is 1. The number of nitrogens with one attached hydrogen (secondary N) is 2. The number of carbonyl (C=O) groups is 2. The topological polar surface area (TPSA) is 82.5 Å². The van der Waals surface area contributed by atoms with E-state index in [4.69, 9.17) is 0 Å². The predicted octanol–water partition coefficient (Wildman–Crippen LogP) is 5.53. The number of carbonyl (C=O) groups excluding carboxylic acids is 2. The molecule has 3 amide bonds. The highest BCUT2D eigenvalue weighted by Gasteiger charge is 2.30. The van der Waals surface area contributed by atoms with Crippen molar-refractivity contribution in [3.63, 3.8) is 0 Å². The first-order chi connectivity index (χ1) is 19.9. The standard InChI is InChI=1S/C33H46N6O2/c1-33(2,16-8-9-18-35-32(41)36-24-26-11-10-17-34-23-26)39-25-29(28-14-6-7-15-30(28)39)31(40)38-21-19-37(20-22-38)27-12-4-3-5-13-27/h6-7,10-11,14-15,17,23,25,27H,3-5,8-9,12-13,16,18-22,24H2,1-2H3,(H2,35,36,41). The molecule has 1 aromatic carbocycles. The van der Waals surface area contributed by atoms with Crippen LogP contribution in [0.2, 0.25) is 0 Å². The summed E-state index contributed by atoms with van der Waals surface area (Å²) in [7, 11) is 0. The summed E-state index contributed by atoms with van der Waals surface area (Å²) in [4.78, 5) is 34.7. The van der Waals surface area contributed by atoms with Gasteiger partial charge in [0.25, 0.3) is 5.91 Å². The van der Waals surface area contributed by atoms with Crippen LogP contribution in [-0.4, -0.2) is 70.1 Å². The molecule has 8 nitrogen and oxygen atoms in total. The number of rotatable bonds is 10. The molecule has 3 aromatic rings. The average Bonchev–Trinajstić information content (AvgIpc) is 3.41. The minimum Gasteiger partial charge on any atom is -0.341 e. The van der Waals surface area contributed by atoms with Gasteiger partial charge >= 0.3 is 6.03 Å². The molecular weight excluding hydrogens is 512 g/mol. The lowest BCUT2D eigenvalue weighted by Gasteiger charge is -2.40. The van der Waals surface area contributed by atoms with Crippen molar-refractivity contribution in [2.45, 2.75) is 83.3 Å². The molecule has 1 aliphatic heterocycles. The van der Waals surface area contributed by atoms with E-state index in [1.54, 1.807) is 12.4 Å². The fourth-order valence-corrected chi connectivity index (χ4v) is 6.51. The number of nitrogens with zero attached hydrogens (tertiary/aromatic N) is 4. The Bertz CT molecular complexity index is 1290. The summed E-state index contributed by atoms with van der Waals surface area (Å²) in [5.41, 5.74) is 2.73. The molecule has 0 atom stereocenters. The zero-order valence-corrected chi connectivity index (χ0v) is 24.8. The third-order valence-electron chi connectivity index (χ3n) is 8.96. The van der Waals surface area contributed by atoms with E-state index in [1.807, 2.05) is 18.2 Å². The lowest BCUT2D eigenvalue weighted by atomic mass is 9.94. The van der Waals surface area contributed by atoms with E-state index in [9.17, 15) is 9.59 Å². The van der Waals surface area contributed by atoms with Crippen LogP contribution in [0.4, 0.5) is 4.79 Å². The van der Waals surface area contributed by atoms with E-state index in [0.29, 0.717) is 19.1 Å². The van der Waals surface area contributed by atoms with Gasteiger partial charge in [0.05, 0.1) is 5.56 Å². The summed E-state index contributed by atoms with van der Waals surface area (Å²) in [5.74, 6) is 0.153. The largest absolute Gasteiger partial charge is 0.341 e. The zero-order chi connectivity index (χ0) is 28.7. The van der Waals surface area contributed by atoms with Gasteiger partial charge in [0.15, 0.2) is 0 Å². The average molecular weight is 559 g/mol. The van der Waals surface area contributed by atoms with Gasteiger partial charge in [0, 0.05) is 80.3 Å². The molecule has 0 spiro atoms. The Morgan fingerprint density at radius 2 is 1.73 bits per heavy atom. The second-order valence-electron chi connectivity index (χ2n) is 12.3. The summed E-state index contributed by atoms with van der Waals surface area (Å²) < 4.78 is 2.29. The van der Waals surface area contributed by atoms with Crippen LogP contribution in [0, 0.1) is 0 Å². The highest BCUT2D eigenvalue weighted by Crippen LogP contribution is 2.32. The monoisotopic (exact) mass is 558 g/mol. The maximum Gasteiger partial charge on any atom is 0.315 e. The normalized spacial score (nSPS) is 17.1. The molecule has 41 heavy (non-hydrogen) atoms. The Labute approximate surface area is 244 Å². The van der Waals surface area contributed by atoms with Crippen molar-refractivity contribution < 1.29 is 9.59 Å². The number of hydrogen-bond donors (Lipinski definition) is 2. The van der Waals surface area contributed by atoms with Crippen molar-refractivity contribution in [1.29, 1.82) is 0 Å². The van der Waals surface area contributed by atoms with Crippen LogP contribution in [0.1, 0.15) is 81.1 Å². The summed E-state index contributed by atoms with van der Waals surface area (Å²) in [5, 5.41) is 6.87. The molecule has 0 unspecified atom stereocenters. The third kappa shape index (κ3) is 7.28. The Balaban J connectivity index is 1.14. The van der Waals surface area contributed by atoms with Gasteiger partial charge in [-0.3, -0.25) is 14.7 Å². The van der Waals surface area contributed by atoms with E-state index < -0.39 is 0 Å². The molecule has 220 valence electrons. The van der Waals surface area contributed by atoms with E-state index in [2.05, 4.69) is 68.2 Å². The fourth-order valence-electron chi connectivity index (χ4n) is 6.51. The lowest BCUT2D eigenvalue weighted by Crippen LogP contribution is -2.52. The molecule has 2 aromatic heterocycles. The predicted molar refractivity (Wildman–Crippen MR) is 164 cm³/mol. The van der Waals surface area contributed by atoms with E-state index in [-0.39, 0.29) is 17.5 Å². The molecule has 3 heterocycles. The first-order valence-corrected chi connectivity index (χ1v) is 15.5. The van der Waals surface area contributed by atoms with Gasteiger partial charge in [-0.05, 0) is 63.6 Å². The number of para-hydroxylation sites is 1. The number of amides is 3. The summed E-state index contributed by atoms with van der Waals surface area (Å²) >= 11 is 0. The van der Waals surface area contributed by atoms with Gasteiger partial charge in [-0.1, -0.05) is 43.5 Å². The molecule has 1 aliphatic carbocycles. The number of benzene rings is 1. The number of unbranched alkanes of at least 4 members (excludes halogenated alkanes) is 1. The van der Waals surface area contributed by atoms with Gasteiger partial charge in [-0.15, -0.1) is 0 Å². The molecule has 0 bridgehead atoms. The molecule has 2 N–H and O–H groups in total. The van der Waals surface area contributed by atoms with Crippen LogP contribution >= 0.6 is 0 Å². The first-order valence-electron chi connectivity index (χ1n) is 15.5. The molecule has 2 aliphatic rings. The number of pyridine rings is 1. The summed E-state index contributed by atoms with van der Waals surface area (Å²) in [6, 6.07) is 12.7. The zero-order valence-electron chi connectivity index (χ0n) is 24.8. The number of piperazine rings is 1. The van der Waals surface area contributed by atoms with Crippen LogP contribution in [0.15, 0.2) is 55.0 Å². The van der Waals surface area contributed by atoms with Crippen LogP contribution < -0.4 is 10.6 Å². The highest BCUT2D eigenvalue weighted by molar-refractivity contribution is 6.07. The number of hydrogen-bond acceptors (Lipinski definition) is 4. The van der Waals surface area contributed by atoms with Crippen LogP contribution in [0.5, 0.6) is 0 Å². The first kappa shape index (κ1) is 29.1. The maximum absolute atomic E-state index is 13.8. The second-order valence-corrected chi connectivity index (χ2v) is 12.3.